The fraction of sp³-hybridized carbons (Fsp3) is 0.889. The molecule has 5 aliphatic rings. The Morgan fingerprint density at radius 1 is 0.840 bits per heavy atom. The van der Waals surface area contributed by atoms with E-state index in [-0.39, 0.29) is 24.0 Å². The van der Waals surface area contributed by atoms with E-state index in [0.29, 0.717) is 48.9 Å². The Balaban J connectivity index is 1.23. The van der Waals surface area contributed by atoms with Crippen LogP contribution in [0.1, 0.15) is 169 Å². The summed E-state index contributed by atoms with van der Waals surface area (Å²) >= 11 is 0. The van der Waals surface area contributed by atoms with Crippen LogP contribution < -0.4 is 5.73 Å². The summed E-state index contributed by atoms with van der Waals surface area (Å²) in [6, 6.07) is -0.782. The first-order chi connectivity index (χ1) is 23.8. The zero-order chi connectivity index (χ0) is 36.0. The number of hydrogen-bond donors (Lipinski definition) is 1. The van der Waals surface area contributed by atoms with Crippen LogP contribution in [-0.4, -0.2) is 18.0 Å². The number of nitrogens with two attached hydrogens (primary N) is 1. The average molecular weight is 702 g/mol. The quantitative estimate of drug-likeness (QED) is 0.243. The molecule has 4 saturated carbocycles. The van der Waals surface area contributed by atoms with Crippen LogP contribution in [-0.2, 0) is 4.79 Å². The van der Waals surface area contributed by atoms with Gasteiger partial charge >= 0.3 is 6.18 Å². The lowest BCUT2D eigenvalue weighted by Crippen LogP contribution is -2.48. The number of carbonyl (C=O) groups excluding carboxylic acids is 1. The van der Waals surface area contributed by atoms with E-state index in [4.69, 9.17) is 5.73 Å². The summed E-state index contributed by atoms with van der Waals surface area (Å²) in [6.07, 6.45) is 22.5. The Kier molecular flexibility index (Phi) is 14.7. The van der Waals surface area contributed by atoms with Crippen LogP contribution in [0.15, 0.2) is 23.3 Å². The molecule has 10 atom stereocenters. The lowest BCUT2D eigenvalue weighted by Gasteiger charge is -2.44. The number of carbonyl (C=O) groups is 1. The third-order valence-corrected chi connectivity index (χ3v) is 15.1. The molecule has 10 unspecified atom stereocenters. The highest BCUT2D eigenvalue weighted by atomic mass is 19.4. The van der Waals surface area contributed by atoms with Gasteiger partial charge in [-0.15, -0.1) is 0 Å². The van der Waals surface area contributed by atoms with Crippen LogP contribution in [0, 0.1) is 71.0 Å². The first kappa shape index (κ1) is 40.1. The zero-order valence-electron chi connectivity index (χ0n) is 32.6. The second kappa shape index (κ2) is 18.3. The van der Waals surface area contributed by atoms with Gasteiger partial charge in [0.1, 0.15) is 0 Å². The molecule has 2 nitrogen and oxygen atoms in total. The highest BCUT2D eigenvalue weighted by molar-refractivity contribution is 5.86. The number of Topliss-reactive ketones (excluding diaryl/α,β-unsaturated/α-hetero) is 1. The number of hydrogen-bond acceptors (Lipinski definition) is 2. The van der Waals surface area contributed by atoms with Crippen molar-refractivity contribution in [2.75, 3.05) is 0 Å². The molecule has 0 aromatic rings. The van der Waals surface area contributed by atoms with Gasteiger partial charge in [-0.3, -0.25) is 4.79 Å². The maximum atomic E-state index is 14.6. The van der Waals surface area contributed by atoms with E-state index >= 15 is 0 Å². The maximum absolute atomic E-state index is 14.6. The summed E-state index contributed by atoms with van der Waals surface area (Å²) < 4.78 is 43.8. The first-order valence-corrected chi connectivity index (χ1v) is 21.6. The molecule has 0 aliphatic heterocycles. The van der Waals surface area contributed by atoms with Crippen molar-refractivity contribution in [2.45, 2.75) is 182 Å². The molecule has 286 valence electrons. The van der Waals surface area contributed by atoms with E-state index in [1.54, 1.807) is 5.57 Å². The molecule has 5 rings (SSSR count). The Bertz CT molecular complexity index is 1120. The van der Waals surface area contributed by atoms with Crippen molar-refractivity contribution in [1.29, 1.82) is 0 Å². The van der Waals surface area contributed by atoms with Crippen molar-refractivity contribution in [1.82, 2.24) is 0 Å². The topological polar surface area (TPSA) is 43.1 Å². The van der Waals surface area contributed by atoms with Crippen LogP contribution in [0.3, 0.4) is 0 Å². The lowest BCUT2D eigenvalue weighted by atomic mass is 9.61. The minimum absolute atomic E-state index is 0.00942. The van der Waals surface area contributed by atoms with E-state index < -0.39 is 24.1 Å². The number of allylic oxidation sites excluding steroid dienone is 4. The number of alkyl halides is 3. The van der Waals surface area contributed by atoms with Crippen molar-refractivity contribution in [3.05, 3.63) is 23.3 Å². The minimum atomic E-state index is -4.25. The Hall–Kier alpha value is -1.10. The van der Waals surface area contributed by atoms with Crippen molar-refractivity contribution >= 4 is 5.78 Å². The van der Waals surface area contributed by atoms with Crippen molar-refractivity contribution < 1.29 is 18.0 Å². The van der Waals surface area contributed by atoms with Gasteiger partial charge in [0, 0.05) is 5.92 Å². The molecule has 4 fully saturated rings. The predicted molar refractivity (Wildman–Crippen MR) is 202 cm³/mol. The molecule has 0 saturated heterocycles. The van der Waals surface area contributed by atoms with E-state index in [9.17, 15) is 18.0 Å². The van der Waals surface area contributed by atoms with E-state index in [0.717, 1.165) is 62.7 Å². The van der Waals surface area contributed by atoms with E-state index in [2.05, 4.69) is 46.8 Å². The number of rotatable bonds is 9. The van der Waals surface area contributed by atoms with Gasteiger partial charge < -0.3 is 5.73 Å². The van der Waals surface area contributed by atoms with Crippen LogP contribution >= 0.6 is 0 Å². The van der Waals surface area contributed by atoms with Gasteiger partial charge in [0.05, 0.1) is 12.0 Å². The summed E-state index contributed by atoms with van der Waals surface area (Å²) in [6.45, 7) is 11.9. The van der Waals surface area contributed by atoms with Gasteiger partial charge in [-0.05, 0) is 149 Å². The van der Waals surface area contributed by atoms with Crippen LogP contribution in [0.2, 0.25) is 0 Å². The molecular weight excluding hydrogens is 627 g/mol. The number of ketones is 1. The third-order valence-electron chi connectivity index (χ3n) is 15.1. The normalized spacial score (nSPS) is 36.9. The zero-order valence-corrected chi connectivity index (χ0v) is 32.6. The van der Waals surface area contributed by atoms with Crippen molar-refractivity contribution in [3.63, 3.8) is 0 Å². The second-order valence-corrected chi connectivity index (χ2v) is 18.9. The second-order valence-electron chi connectivity index (χ2n) is 18.9. The molecule has 0 bridgehead atoms. The molecule has 50 heavy (non-hydrogen) atoms. The minimum Gasteiger partial charge on any atom is -0.321 e. The van der Waals surface area contributed by atoms with Crippen LogP contribution in [0.25, 0.3) is 0 Å². The molecule has 0 heterocycles. The standard InChI is InChI=1S/C45H74F3NO/c1-29(2)42(39-26-25-35(20-17-31(39)4)34-15-7-6-8-16-34)40-27-38(21-18-32(40)5)44(50)43(49)37-24-23-36(41(28-37)45(46,47)48)22-19-33-13-9-11-30(3)12-10-14-33/h19,26,29-32,34-38,40-43H,6-18,20-25,27-28,49H2,1-5H3. The maximum Gasteiger partial charge on any atom is 0.392 e. The highest BCUT2D eigenvalue weighted by Crippen LogP contribution is 2.50. The van der Waals surface area contributed by atoms with Crippen molar-refractivity contribution in [3.8, 4) is 0 Å². The van der Waals surface area contributed by atoms with Crippen LogP contribution in [0.5, 0.6) is 0 Å². The lowest BCUT2D eigenvalue weighted by molar-refractivity contribution is -0.201. The monoisotopic (exact) mass is 702 g/mol. The smallest absolute Gasteiger partial charge is 0.321 e. The summed E-state index contributed by atoms with van der Waals surface area (Å²) in [5.41, 5.74) is 9.76. The Labute approximate surface area is 304 Å². The van der Waals surface area contributed by atoms with Gasteiger partial charge in [-0.1, -0.05) is 103 Å². The summed E-state index contributed by atoms with van der Waals surface area (Å²) in [5, 5.41) is 0. The van der Waals surface area contributed by atoms with Gasteiger partial charge in [-0.2, -0.15) is 13.2 Å². The highest BCUT2D eigenvalue weighted by Gasteiger charge is 2.49. The van der Waals surface area contributed by atoms with Gasteiger partial charge in [0.15, 0.2) is 5.78 Å². The van der Waals surface area contributed by atoms with Crippen molar-refractivity contribution in [2.24, 2.45) is 76.7 Å². The van der Waals surface area contributed by atoms with Gasteiger partial charge in [0.2, 0.25) is 0 Å². The number of halogens is 3. The summed E-state index contributed by atoms with van der Waals surface area (Å²) in [7, 11) is 0. The summed E-state index contributed by atoms with van der Waals surface area (Å²) in [5.74, 6) is 2.74. The Morgan fingerprint density at radius 3 is 2.20 bits per heavy atom. The van der Waals surface area contributed by atoms with E-state index in [1.807, 2.05) is 0 Å². The molecule has 0 radical (unpaired) electrons. The van der Waals surface area contributed by atoms with E-state index in [1.165, 1.54) is 69.8 Å². The first-order valence-electron chi connectivity index (χ1n) is 21.6. The SMILES string of the molecule is CC1CCCC(=CCC2CCC(C(N)C(=O)C3CCC(C)C(C(C4=CCC(C5CCCCC5)CCC4C)C(C)C)C3)CC2C(F)(F)F)CCC1. The third kappa shape index (κ3) is 10.3. The molecular formula is C45H74F3NO. The fourth-order valence-corrected chi connectivity index (χ4v) is 11.9. The van der Waals surface area contributed by atoms with Gasteiger partial charge in [0.25, 0.3) is 0 Å². The fourth-order valence-electron chi connectivity index (χ4n) is 11.9. The molecule has 0 amide bonds. The Morgan fingerprint density at radius 2 is 1.54 bits per heavy atom. The molecule has 2 N–H and O–H groups in total. The summed E-state index contributed by atoms with van der Waals surface area (Å²) in [4.78, 5) is 14.2. The molecule has 0 spiro atoms. The average Bonchev–Trinajstić information content (AvgIpc) is 3.27. The molecule has 5 aliphatic carbocycles. The molecule has 5 heteroatoms. The van der Waals surface area contributed by atoms with Gasteiger partial charge in [-0.25, -0.2) is 0 Å². The largest absolute Gasteiger partial charge is 0.392 e. The predicted octanol–water partition coefficient (Wildman–Crippen LogP) is 13.1. The molecule has 0 aromatic heterocycles. The van der Waals surface area contributed by atoms with Crippen LogP contribution in [0.4, 0.5) is 13.2 Å². The molecule has 0 aromatic carbocycles.